The van der Waals surface area contributed by atoms with E-state index in [1.54, 1.807) is 0 Å². The Balaban J connectivity index is 1.92. The maximum Gasteiger partial charge on any atom is -0.000837 e. The van der Waals surface area contributed by atoms with Crippen LogP contribution in [-0.2, 0) is 0 Å². The highest BCUT2D eigenvalue weighted by molar-refractivity contribution is 4.70. The fourth-order valence-corrected chi connectivity index (χ4v) is 1.80. The third-order valence-corrected chi connectivity index (χ3v) is 2.73. The molecule has 0 aromatic heterocycles. The van der Waals surface area contributed by atoms with Crippen LogP contribution < -0.4 is 10.6 Å². The molecule has 1 unspecified atom stereocenters. The Morgan fingerprint density at radius 3 is 2.92 bits per heavy atom. The molecular weight excluding hydrogens is 160 g/mol. The van der Waals surface area contributed by atoms with Gasteiger partial charge in [0.2, 0.25) is 0 Å². The Hall–Kier alpha value is -0.0800. The molecule has 1 atom stereocenters. The number of hydrogen-bond donors (Lipinski definition) is 2. The monoisotopic (exact) mass is 184 g/mol. The lowest BCUT2D eigenvalue weighted by Gasteiger charge is -2.23. The van der Waals surface area contributed by atoms with Crippen molar-refractivity contribution in [1.29, 1.82) is 0 Å². The van der Waals surface area contributed by atoms with Crippen LogP contribution in [0, 0.1) is 11.8 Å². The Morgan fingerprint density at radius 1 is 1.46 bits per heavy atom. The summed E-state index contributed by atoms with van der Waals surface area (Å²) in [6.07, 6.45) is 4.07. The summed E-state index contributed by atoms with van der Waals surface area (Å²) in [6, 6.07) is 0. The van der Waals surface area contributed by atoms with E-state index in [2.05, 4.69) is 24.5 Å². The van der Waals surface area contributed by atoms with Crippen LogP contribution in [-0.4, -0.2) is 26.2 Å². The van der Waals surface area contributed by atoms with Crippen molar-refractivity contribution in [2.24, 2.45) is 11.8 Å². The highest BCUT2D eigenvalue weighted by Crippen LogP contribution is 2.08. The lowest BCUT2D eigenvalue weighted by Crippen LogP contribution is -2.36. The smallest absolute Gasteiger partial charge is 0.000837 e. The second-order valence-corrected chi connectivity index (χ2v) is 4.60. The molecule has 0 aromatic carbocycles. The Labute approximate surface area is 82.5 Å². The molecule has 1 fully saturated rings. The van der Waals surface area contributed by atoms with Crippen molar-refractivity contribution in [2.45, 2.75) is 33.1 Å². The molecule has 13 heavy (non-hydrogen) atoms. The SMILES string of the molecule is CC(C)CCNCC1CCCNC1. The van der Waals surface area contributed by atoms with Gasteiger partial charge in [0.05, 0.1) is 0 Å². The van der Waals surface area contributed by atoms with Crippen LogP contribution in [0.15, 0.2) is 0 Å². The molecule has 2 N–H and O–H groups in total. The second kappa shape index (κ2) is 6.39. The van der Waals surface area contributed by atoms with Crippen LogP contribution in [0.4, 0.5) is 0 Å². The molecule has 78 valence electrons. The summed E-state index contributed by atoms with van der Waals surface area (Å²) in [5.74, 6) is 1.71. The van der Waals surface area contributed by atoms with E-state index in [0.717, 1.165) is 11.8 Å². The van der Waals surface area contributed by atoms with Crippen molar-refractivity contribution in [3.8, 4) is 0 Å². The van der Waals surface area contributed by atoms with E-state index in [4.69, 9.17) is 0 Å². The van der Waals surface area contributed by atoms with Gasteiger partial charge in [-0.25, -0.2) is 0 Å². The average molecular weight is 184 g/mol. The van der Waals surface area contributed by atoms with Gasteiger partial charge in [-0.3, -0.25) is 0 Å². The summed E-state index contributed by atoms with van der Waals surface area (Å²) >= 11 is 0. The second-order valence-electron chi connectivity index (χ2n) is 4.60. The summed E-state index contributed by atoms with van der Waals surface area (Å²) in [4.78, 5) is 0. The molecule has 0 saturated carbocycles. The Kier molecular flexibility index (Phi) is 5.40. The van der Waals surface area contributed by atoms with Gasteiger partial charge in [0, 0.05) is 0 Å². The van der Waals surface area contributed by atoms with Crippen LogP contribution in [0.1, 0.15) is 33.1 Å². The van der Waals surface area contributed by atoms with E-state index in [-0.39, 0.29) is 0 Å². The Morgan fingerprint density at radius 2 is 2.31 bits per heavy atom. The topological polar surface area (TPSA) is 24.1 Å². The normalized spacial score (nSPS) is 23.8. The molecule has 0 spiro atoms. The Bertz CT molecular complexity index is 117. The summed E-state index contributed by atoms with van der Waals surface area (Å²) in [6.45, 7) is 9.40. The fraction of sp³-hybridized carbons (Fsp3) is 1.00. The summed E-state index contributed by atoms with van der Waals surface area (Å²) in [5.41, 5.74) is 0. The zero-order valence-corrected chi connectivity index (χ0v) is 9.10. The first-order chi connectivity index (χ1) is 6.29. The third-order valence-electron chi connectivity index (χ3n) is 2.73. The summed E-state index contributed by atoms with van der Waals surface area (Å²) in [5, 5.41) is 6.99. The highest BCUT2D eigenvalue weighted by Gasteiger charge is 2.11. The molecule has 2 heteroatoms. The van der Waals surface area contributed by atoms with Crippen LogP contribution in [0.5, 0.6) is 0 Å². The van der Waals surface area contributed by atoms with Gasteiger partial charge in [-0.05, 0) is 57.3 Å². The van der Waals surface area contributed by atoms with Gasteiger partial charge in [0.15, 0.2) is 0 Å². The minimum absolute atomic E-state index is 0.831. The molecule has 0 aromatic rings. The predicted molar refractivity (Wildman–Crippen MR) is 57.9 cm³/mol. The van der Waals surface area contributed by atoms with Crippen molar-refractivity contribution < 1.29 is 0 Å². The summed E-state index contributed by atoms with van der Waals surface area (Å²) < 4.78 is 0. The minimum atomic E-state index is 0.831. The van der Waals surface area contributed by atoms with Gasteiger partial charge >= 0.3 is 0 Å². The standard InChI is InChI=1S/C11H24N2/c1-10(2)5-7-13-9-11-4-3-6-12-8-11/h10-13H,3-9H2,1-2H3. The molecule has 1 heterocycles. The van der Waals surface area contributed by atoms with Gasteiger partial charge < -0.3 is 10.6 Å². The molecule has 0 bridgehead atoms. The number of hydrogen-bond acceptors (Lipinski definition) is 2. The van der Waals surface area contributed by atoms with Crippen molar-refractivity contribution in [1.82, 2.24) is 10.6 Å². The van der Waals surface area contributed by atoms with Crippen molar-refractivity contribution >= 4 is 0 Å². The molecule has 2 nitrogen and oxygen atoms in total. The first-order valence-corrected chi connectivity index (χ1v) is 5.70. The van der Waals surface area contributed by atoms with Gasteiger partial charge in [-0.15, -0.1) is 0 Å². The van der Waals surface area contributed by atoms with E-state index in [0.29, 0.717) is 0 Å². The van der Waals surface area contributed by atoms with Crippen molar-refractivity contribution in [3.05, 3.63) is 0 Å². The molecule has 1 aliphatic heterocycles. The zero-order chi connectivity index (χ0) is 9.52. The first kappa shape index (κ1) is 11.0. The molecule has 1 saturated heterocycles. The lowest BCUT2D eigenvalue weighted by atomic mass is 10.00. The van der Waals surface area contributed by atoms with Gasteiger partial charge in [0.1, 0.15) is 0 Å². The highest BCUT2D eigenvalue weighted by atomic mass is 14.9. The van der Waals surface area contributed by atoms with Gasteiger partial charge in [0.25, 0.3) is 0 Å². The van der Waals surface area contributed by atoms with Gasteiger partial charge in [-0.1, -0.05) is 13.8 Å². The quantitative estimate of drug-likeness (QED) is 0.635. The number of nitrogens with one attached hydrogen (secondary N) is 2. The molecule has 0 aliphatic carbocycles. The number of piperidine rings is 1. The van der Waals surface area contributed by atoms with E-state index in [1.807, 2.05) is 0 Å². The lowest BCUT2D eigenvalue weighted by molar-refractivity contribution is 0.356. The third kappa shape index (κ3) is 5.27. The van der Waals surface area contributed by atoms with Crippen LogP contribution in [0.2, 0.25) is 0 Å². The van der Waals surface area contributed by atoms with E-state index >= 15 is 0 Å². The molecule has 0 radical (unpaired) electrons. The fourth-order valence-electron chi connectivity index (χ4n) is 1.80. The number of rotatable bonds is 5. The van der Waals surface area contributed by atoms with E-state index in [9.17, 15) is 0 Å². The molecule has 1 rings (SSSR count). The summed E-state index contributed by atoms with van der Waals surface area (Å²) in [7, 11) is 0. The maximum absolute atomic E-state index is 3.55. The molecular formula is C11H24N2. The first-order valence-electron chi connectivity index (χ1n) is 5.70. The molecule has 0 amide bonds. The zero-order valence-electron chi connectivity index (χ0n) is 9.10. The van der Waals surface area contributed by atoms with E-state index < -0.39 is 0 Å². The predicted octanol–water partition coefficient (Wildman–Crippen LogP) is 1.62. The largest absolute Gasteiger partial charge is 0.316 e. The van der Waals surface area contributed by atoms with Crippen LogP contribution in [0.3, 0.4) is 0 Å². The molecule has 1 aliphatic rings. The van der Waals surface area contributed by atoms with Gasteiger partial charge in [-0.2, -0.15) is 0 Å². The van der Waals surface area contributed by atoms with Crippen molar-refractivity contribution in [2.75, 3.05) is 26.2 Å². The maximum atomic E-state index is 3.55. The van der Waals surface area contributed by atoms with E-state index in [1.165, 1.54) is 45.4 Å². The average Bonchev–Trinajstić information content (AvgIpc) is 2.14. The van der Waals surface area contributed by atoms with Crippen LogP contribution in [0.25, 0.3) is 0 Å². The van der Waals surface area contributed by atoms with Crippen molar-refractivity contribution in [3.63, 3.8) is 0 Å². The van der Waals surface area contributed by atoms with Crippen LogP contribution >= 0.6 is 0 Å². The minimum Gasteiger partial charge on any atom is -0.316 e.